The molecule has 1 atom stereocenters. The van der Waals surface area contributed by atoms with Gasteiger partial charge in [0.15, 0.2) is 5.82 Å². The maximum Gasteiger partial charge on any atom is 0.264 e. The fourth-order valence-corrected chi connectivity index (χ4v) is 2.63. The summed E-state index contributed by atoms with van der Waals surface area (Å²) in [6.07, 6.45) is 8.38. The van der Waals surface area contributed by atoms with Crippen molar-refractivity contribution in [2.24, 2.45) is 5.16 Å². The lowest BCUT2D eigenvalue weighted by Gasteiger charge is -2.10. The predicted octanol–water partition coefficient (Wildman–Crippen LogP) is 1.47. The molecule has 0 radical (unpaired) electrons. The second-order valence-corrected chi connectivity index (χ2v) is 5.77. The normalized spacial score (nSPS) is 16.0. The molecular weight excluding hydrogens is 332 g/mol. The highest BCUT2D eigenvalue weighted by Gasteiger charge is 2.28. The minimum Gasteiger partial charge on any atom is -0.382 e. The van der Waals surface area contributed by atoms with Crippen LogP contribution in [0.2, 0.25) is 0 Å². The van der Waals surface area contributed by atoms with Gasteiger partial charge in [-0.25, -0.2) is 9.67 Å². The summed E-state index contributed by atoms with van der Waals surface area (Å²) in [6, 6.07) is 9.27. The molecular formula is C18H16N6O2. The van der Waals surface area contributed by atoms with Gasteiger partial charge in [0.25, 0.3) is 5.91 Å². The molecule has 8 heteroatoms. The Morgan fingerprint density at radius 3 is 3.04 bits per heavy atom. The first-order valence-corrected chi connectivity index (χ1v) is 8.15. The van der Waals surface area contributed by atoms with E-state index in [4.69, 9.17) is 4.84 Å². The van der Waals surface area contributed by atoms with E-state index in [-0.39, 0.29) is 5.91 Å². The van der Waals surface area contributed by atoms with E-state index in [0.29, 0.717) is 18.8 Å². The Labute approximate surface area is 149 Å². The van der Waals surface area contributed by atoms with Crippen LogP contribution >= 0.6 is 0 Å². The maximum atomic E-state index is 12.4. The van der Waals surface area contributed by atoms with E-state index in [1.165, 1.54) is 0 Å². The highest BCUT2D eigenvalue weighted by Crippen LogP contribution is 2.16. The Kier molecular flexibility index (Phi) is 4.38. The van der Waals surface area contributed by atoms with Crippen LogP contribution < -0.4 is 5.32 Å². The van der Waals surface area contributed by atoms with Gasteiger partial charge in [-0.05, 0) is 35.9 Å². The minimum absolute atomic E-state index is 0.204. The first-order valence-electron chi connectivity index (χ1n) is 8.15. The van der Waals surface area contributed by atoms with Crippen molar-refractivity contribution in [3.8, 4) is 5.82 Å². The number of carbonyl (C=O) groups excluding carboxylic acids is 1. The molecule has 130 valence electrons. The average Bonchev–Trinajstić information content (AvgIpc) is 3.39. The number of pyridine rings is 2. The topological polar surface area (TPSA) is 94.3 Å². The molecule has 0 unspecified atom stereocenters. The Morgan fingerprint density at radius 2 is 2.23 bits per heavy atom. The zero-order valence-corrected chi connectivity index (χ0v) is 13.8. The number of oxime groups is 1. The number of amides is 1. The summed E-state index contributed by atoms with van der Waals surface area (Å²) in [7, 11) is 0. The number of rotatable bonds is 5. The number of carbonyl (C=O) groups is 1. The molecule has 0 saturated heterocycles. The number of hydrogen-bond donors (Lipinski definition) is 1. The van der Waals surface area contributed by atoms with Gasteiger partial charge in [-0.1, -0.05) is 5.16 Å². The van der Waals surface area contributed by atoms with E-state index in [1.54, 1.807) is 29.5 Å². The van der Waals surface area contributed by atoms with E-state index in [0.717, 1.165) is 16.8 Å². The van der Waals surface area contributed by atoms with Crippen molar-refractivity contribution in [3.05, 3.63) is 72.4 Å². The van der Waals surface area contributed by atoms with Crippen molar-refractivity contribution in [2.45, 2.75) is 19.1 Å². The van der Waals surface area contributed by atoms with Crippen molar-refractivity contribution in [3.63, 3.8) is 0 Å². The zero-order valence-electron chi connectivity index (χ0n) is 13.8. The van der Waals surface area contributed by atoms with Gasteiger partial charge in [0.05, 0.1) is 5.71 Å². The lowest BCUT2D eigenvalue weighted by atomic mass is 10.1. The second kappa shape index (κ2) is 7.14. The smallest absolute Gasteiger partial charge is 0.264 e. The van der Waals surface area contributed by atoms with Gasteiger partial charge >= 0.3 is 0 Å². The molecule has 0 spiro atoms. The van der Waals surface area contributed by atoms with Crippen molar-refractivity contribution in [1.29, 1.82) is 0 Å². The van der Waals surface area contributed by atoms with Crippen molar-refractivity contribution in [1.82, 2.24) is 25.1 Å². The molecule has 26 heavy (non-hydrogen) atoms. The van der Waals surface area contributed by atoms with Crippen LogP contribution in [0.15, 0.2) is 66.5 Å². The average molecular weight is 348 g/mol. The second-order valence-electron chi connectivity index (χ2n) is 5.77. The molecule has 1 N–H and O–H groups in total. The first kappa shape index (κ1) is 15.9. The molecule has 0 aromatic carbocycles. The Bertz CT molecular complexity index is 924. The van der Waals surface area contributed by atoms with Crippen LogP contribution in [-0.2, 0) is 16.2 Å². The molecule has 4 rings (SSSR count). The van der Waals surface area contributed by atoms with Crippen molar-refractivity contribution >= 4 is 11.6 Å². The molecule has 0 saturated carbocycles. The fraction of sp³-hybridized carbons (Fsp3) is 0.167. The standard InChI is InChI=1S/C18H16N6O2/c25-18(16-10-15(23-26-16)14-3-1-5-19-12-14)21-11-13-4-7-20-17(9-13)24-8-2-6-22-24/h1-9,12,16H,10-11H2,(H,21,25)/t16-/m1/s1. The molecule has 4 heterocycles. The minimum atomic E-state index is -0.627. The lowest BCUT2D eigenvalue weighted by Crippen LogP contribution is -2.34. The van der Waals surface area contributed by atoms with Gasteiger partial charge in [0, 0.05) is 49.5 Å². The van der Waals surface area contributed by atoms with E-state index in [2.05, 4.69) is 25.5 Å². The van der Waals surface area contributed by atoms with Gasteiger partial charge in [-0.2, -0.15) is 5.10 Å². The molecule has 0 bridgehead atoms. The largest absolute Gasteiger partial charge is 0.382 e. The Hall–Kier alpha value is -3.55. The summed E-state index contributed by atoms with van der Waals surface area (Å²) < 4.78 is 1.67. The van der Waals surface area contributed by atoms with Crippen LogP contribution in [0.3, 0.4) is 0 Å². The molecule has 3 aromatic rings. The van der Waals surface area contributed by atoms with E-state index in [9.17, 15) is 4.79 Å². The van der Waals surface area contributed by atoms with Gasteiger partial charge in [-0.3, -0.25) is 9.78 Å². The van der Waals surface area contributed by atoms with Crippen LogP contribution in [0.5, 0.6) is 0 Å². The summed E-state index contributed by atoms with van der Waals surface area (Å²) in [4.78, 5) is 25.9. The third-order valence-electron chi connectivity index (χ3n) is 3.97. The lowest BCUT2D eigenvalue weighted by molar-refractivity contribution is -0.131. The Balaban J connectivity index is 1.35. The fourth-order valence-electron chi connectivity index (χ4n) is 2.63. The van der Waals surface area contributed by atoms with Crippen LogP contribution in [-0.4, -0.2) is 37.5 Å². The van der Waals surface area contributed by atoms with E-state index < -0.39 is 6.10 Å². The highest BCUT2D eigenvalue weighted by atomic mass is 16.6. The van der Waals surface area contributed by atoms with E-state index in [1.807, 2.05) is 36.5 Å². The number of aromatic nitrogens is 4. The highest BCUT2D eigenvalue weighted by molar-refractivity contribution is 6.03. The Morgan fingerprint density at radius 1 is 1.27 bits per heavy atom. The van der Waals surface area contributed by atoms with Gasteiger partial charge < -0.3 is 10.2 Å². The van der Waals surface area contributed by atoms with Crippen LogP contribution in [0.25, 0.3) is 5.82 Å². The monoisotopic (exact) mass is 348 g/mol. The molecule has 1 aliphatic heterocycles. The maximum absolute atomic E-state index is 12.4. The summed E-state index contributed by atoms with van der Waals surface area (Å²) in [5.41, 5.74) is 2.51. The summed E-state index contributed by atoms with van der Waals surface area (Å²) in [6.45, 7) is 0.373. The van der Waals surface area contributed by atoms with Crippen LogP contribution in [0.1, 0.15) is 17.5 Å². The van der Waals surface area contributed by atoms with Gasteiger partial charge in [0.1, 0.15) is 0 Å². The summed E-state index contributed by atoms with van der Waals surface area (Å²) >= 11 is 0. The predicted molar refractivity (Wildman–Crippen MR) is 93.5 cm³/mol. The van der Waals surface area contributed by atoms with Gasteiger partial charge in [0.2, 0.25) is 6.10 Å². The number of hydrogen-bond acceptors (Lipinski definition) is 6. The number of nitrogens with zero attached hydrogens (tertiary/aromatic N) is 5. The van der Waals surface area contributed by atoms with Crippen LogP contribution in [0, 0.1) is 0 Å². The molecule has 1 aliphatic rings. The summed E-state index contributed by atoms with van der Waals surface area (Å²) in [5.74, 6) is 0.492. The third kappa shape index (κ3) is 3.44. The van der Waals surface area contributed by atoms with Crippen LogP contribution in [0.4, 0.5) is 0 Å². The quantitative estimate of drug-likeness (QED) is 0.753. The molecule has 8 nitrogen and oxygen atoms in total. The van der Waals surface area contributed by atoms with E-state index >= 15 is 0 Å². The van der Waals surface area contributed by atoms with Gasteiger partial charge in [-0.15, -0.1) is 0 Å². The van der Waals surface area contributed by atoms with Crippen molar-refractivity contribution < 1.29 is 9.63 Å². The molecule has 3 aromatic heterocycles. The first-order chi connectivity index (χ1) is 12.8. The SMILES string of the molecule is O=C(NCc1ccnc(-n2cccn2)c1)[C@H]1CC(c2cccnc2)=NO1. The molecule has 1 amide bonds. The number of nitrogens with one attached hydrogen (secondary N) is 1. The zero-order chi connectivity index (χ0) is 17.8. The third-order valence-corrected chi connectivity index (χ3v) is 3.97. The molecule has 0 aliphatic carbocycles. The summed E-state index contributed by atoms with van der Waals surface area (Å²) in [5, 5.41) is 11.0. The van der Waals surface area contributed by atoms with Crippen molar-refractivity contribution in [2.75, 3.05) is 0 Å². The molecule has 0 fully saturated rings.